The zero-order valence-electron chi connectivity index (χ0n) is 10.8. The lowest BCUT2D eigenvalue weighted by Crippen LogP contribution is -2.58. The summed E-state index contributed by atoms with van der Waals surface area (Å²) in [7, 11) is 0. The van der Waals surface area contributed by atoms with Gasteiger partial charge in [0.25, 0.3) is 0 Å². The Kier molecular flexibility index (Phi) is 4.37. The van der Waals surface area contributed by atoms with E-state index < -0.39 is 5.54 Å². The Balaban J connectivity index is 2.01. The number of para-hydroxylation sites is 1. The largest absolute Gasteiger partial charge is 0.391 e. The summed E-state index contributed by atoms with van der Waals surface area (Å²) in [6.07, 6.45) is 4.91. The number of hydrogen-bond donors (Lipinski definition) is 3. The van der Waals surface area contributed by atoms with Crippen molar-refractivity contribution in [3.63, 3.8) is 0 Å². The molecular formula is C14H19N3OS. The Morgan fingerprint density at radius 1 is 1.16 bits per heavy atom. The maximum Gasteiger partial charge on any atom is 0.320 e. The van der Waals surface area contributed by atoms with Crippen LogP contribution < -0.4 is 16.4 Å². The molecular weight excluding hydrogens is 258 g/mol. The molecule has 4 nitrogen and oxygen atoms in total. The third-order valence-corrected chi connectivity index (χ3v) is 3.95. The minimum absolute atomic E-state index is 0.249. The van der Waals surface area contributed by atoms with Gasteiger partial charge in [-0.2, -0.15) is 0 Å². The SMILES string of the molecule is NC(=S)C1(NC(=O)Nc2ccccc2)CCCCC1. The number of anilines is 1. The zero-order chi connectivity index (χ0) is 13.7. The topological polar surface area (TPSA) is 67.1 Å². The lowest BCUT2D eigenvalue weighted by atomic mass is 9.81. The van der Waals surface area contributed by atoms with Gasteiger partial charge in [0.2, 0.25) is 0 Å². The van der Waals surface area contributed by atoms with Crippen LogP contribution in [0.2, 0.25) is 0 Å². The Hall–Kier alpha value is -1.62. The summed E-state index contributed by atoms with van der Waals surface area (Å²) in [5.74, 6) is 0. The van der Waals surface area contributed by atoms with Crippen LogP contribution in [0.4, 0.5) is 10.5 Å². The molecule has 0 radical (unpaired) electrons. The number of nitrogens with two attached hydrogens (primary N) is 1. The minimum atomic E-state index is -0.521. The monoisotopic (exact) mass is 277 g/mol. The van der Waals surface area contributed by atoms with Gasteiger partial charge in [0, 0.05) is 5.69 Å². The van der Waals surface area contributed by atoms with E-state index in [4.69, 9.17) is 18.0 Å². The molecule has 0 aliphatic heterocycles. The molecule has 1 aromatic rings. The van der Waals surface area contributed by atoms with Crippen LogP contribution in [0.5, 0.6) is 0 Å². The van der Waals surface area contributed by atoms with E-state index in [-0.39, 0.29) is 6.03 Å². The lowest BCUT2D eigenvalue weighted by Gasteiger charge is -2.37. The molecule has 0 bridgehead atoms. The van der Waals surface area contributed by atoms with Crippen LogP contribution in [0.15, 0.2) is 30.3 Å². The van der Waals surface area contributed by atoms with Crippen LogP contribution in [0.3, 0.4) is 0 Å². The number of benzene rings is 1. The van der Waals surface area contributed by atoms with Crippen LogP contribution in [-0.2, 0) is 0 Å². The van der Waals surface area contributed by atoms with Crippen molar-refractivity contribution in [1.29, 1.82) is 0 Å². The molecule has 1 fully saturated rings. The fraction of sp³-hybridized carbons (Fsp3) is 0.429. The molecule has 0 unspecified atom stereocenters. The fourth-order valence-electron chi connectivity index (χ4n) is 2.49. The van der Waals surface area contributed by atoms with Gasteiger partial charge in [-0.3, -0.25) is 0 Å². The third-order valence-electron chi connectivity index (χ3n) is 3.56. The van der Waals surface area contributed by atoms with Crippen molar-refractivity contribution in [2.45, 2.75) is 37.6 Å². The number of amides is 2. The van der Waals surface area contributed by atoms with Crippen molar-refractivity contribution >= 4 is 28.9 Å². The normalized spacial score (nSPS) is 17.5. The maximum atomic E-state index is 12.1. The van der Waals surface area contributed by atoms with Gasteiger partial charge in [-0.05, 0) is 25.0 Å². The van der Waals surface area contributed by atoms with E-state index >= 15 is 0 Å². The second kappa shape index (κ2) is 6.02. The van der Waals surface area contributed by atoms with Gasteiger partial charge in [-0.25, -0.2) is 4.79 Å². The zero-order valence-corrected chi connectivity index (χ0v) is 11.6. The highest BCUT2D eigenvalue weighted by atomic mass is 32.1. The highest BCUT2D eigenvalue weighted by molar-refractivity contribution is 7.80. The second-order valence-electron chi connectivity index (χ2n) is 4.95. The molecule has 0 aromatic heterocycles. The summed E-state index contributed by atoms with van der Waals surface area (Å²) in [5.41, 5.74) is 6.07. The standard InChI is InChI=1S/C14H19N3OS/c15-12(19)14(9-5-2-6-10-14)17-13(18)16-11-7-3-1-4-8-11/h1,3-4,7-8H,2,5-6,9-10H2,(H2,15,19)(H2,16,17,18). The molecule has 1 aliphatic rings. The molecule has 19 heavy (non-hydrogen) atoms. The molecule has 4 N–H and O–H groups in total. The van der Waals surface area contributed by atoms with E-state index in [1.807, 2.05) is 30.3 Å². The van der Waals surface area contributed by atoms with Crippen molar-refractivity contribution in [3.8, 4) is 0 Å². The fourth-order valence-corrected chi connectivity index (χ4v) is 2.74. The Morgan fingerprint density at radius 3 is 2.37 bits per heavy atom. The van der Waals surface area contributed by atoms with E-state index in [1.165, 1.54) is 6.42 Å². The van der Waals surface area contributed by atoms with Gasteiger partial charge in [0.05, 0.1) is 10.5 Å². The third kappa shape index (κ3) is 3.44. The number of nitrogens with one attached hydrogen (secondary N) is 2. The van der Waals surface area contributed by atoms with Gasteiger partial charge in [-0.15, -0.1) is 0 Å². The highest BCUT2D eigenvalue weighted by Gasteiger charge is 2.36. The number of urea groups is 1. The molecule has 0 spiro atoms. The predicted octanol–water partition coefficient (Wildman–Crippen LogP) is 2.80. The number of carbonyl (C=O) groups is 1. The van der Waals surface area contributed by atoms with E-state index in [0.717, 1.165) is 31.4 Å². The number of thiocarbonyl (C=S) groups is 1. The summed E-state index contributed by atoms with van der Waals surface area (Å²) in [4.78, 5) is 12.4. The van der Waals surface area contributed by atoms with E-state index in [0.29, 0.717) is 4.99 Å². The Labute approximate surface area is 118 Å². The van der Waals surface area contributed by atoms with E-state index in [2.05, 4.69) is 10.6 Å². The first kappa shape index (κ1) is 13.8. The average molecular weight is 277 g/mol. The highest BCUT2D eigenvalue weighted by Crippen LogP contribution is 2.28. The summed E-state index contributed by atoms with van der Waals surface area (Å²) in [6, 6.07) is 9.09. The van der Waals surface area contributed by atoms with Gasteiger partial charge in [0.1, 0.15) is 0 Å². The summed E-state index contributed by atoms with van der Waals surface area (Å²) in [6.45, 7) is 0. The van der Waals surface area contributed by atoms with Crippen molar-refractivity contribution < 1.29 is 4.79 Å². The Morgan fingerprint density at radius 2 is 1.79 bits per heavy atom. The van der Waals surface area contributed by atoms with Crippen molar-refractivity contribution in [2.24, 2.45) is 5.73 Å². The van der Waals surface area contributed by atoms with Crippen molar-refractivity contribution in [1.82, 2.24) is 5.32 Å². The van der Waals surface area contributed by atoms with E-state index in [9.17, 15) is 4.79 Å². The molecule has 5 heteroatoms. The minimum Gasteiger partial charge on any atom is -0.391 e. The molecule has 2 rings (SSSR count). The van der Waals surface area contributed by atoms with Crippen LogP contribution in [-0.4, -0.2) is 16.6 Å². The van der Waals surface area contributed by atoms with Crippen LogP contribution in [0.1, 0.15) is 32.1 Å². The summed E-state index contributed by atoms with van der Waals surface area (Å²) < 4.78 is 0. The summed E-state index contributed by atoms with van der Waals surface area (Å²) in [5, 5.41) is 5.77. The average Bonchev–Trinajstić information content (AvgIpc) is 2.40. The van der Waals surface area contributed by atoms with Crippen LogP contribution in [0.25, 0.3) is 0 Å². The first-order chi connectivity index (χ1) is 9.12. The molecule has 1 saturated carbocycles. The maximum absolute atomic E-state index is 12.1. The quantitative estimate of drug-likeness (QED) is 0.744. The number of carbonyl (C=O) groups excluding carboxylic acids is 1. The predicted molar refractivity (Wildman–Crippen MR) is 81.2 cm³/mol. The molecule has 1 aromatic carbocycles. The second-order valence-corrected chi connectivity index (χ2v) is 5.39. The van der Waals surface area contributed by atoms with Gasteiger partial charge in [0.15, 0.2) is 0 Å². The summed E-state index contributed by atoms with van der Waals surface area (Å²) >= 11 is 5.15. The van der Waals surface area contributed by atoms with Crippen LogP contribution >= 0.6 is 12.2 Å². The molecule has 0 atom stereocenters. The lowest BCUT2D eigenvalue weighted by molar-refractivity contribution is 0.236. The number of rotatable bonds is 3. The van der Waals surface area contributed by atoms with Gasteiger partial charge >= 0.3 is 6.03 Å². The first-order valence-corrected chi connectivity index (χ1v) is 6.97. The first-order valence-electron chi connectivity index (χ1n) is 6.56. The molecule has 0 saturated heterocycles. The van der Waals surface area contributed by atoms with Crippen molar-refractivity contribution in [3.05, 3.63) is 30.3 Å². The molecule has 0 heterocycles. The molecule has 2 amide bonds. The number of hydrogen-bond acceptors (Lipinski definition) is 2. The molecule has 1 aliphatic carbocycles. The smallest absolute Gasteiger partial charge is 0.320 e. The van der Waals surface area contributed by atoms with E-state index in [1.54, 1.807) is 0 Å². The van der Waals surface area contributed by atoms with Crippen LogP contribution in [0, 0.1) is 0 Å². The van der Waals surface area contributed by atoms with Gasteiger partial charge < -0.3 is 16.4 Å². The molecule has 102 valence electrons. The Bertz CT molecular complexity index is 455. The van der Waals surface area contributed by atoms with Gasteiger partial charge in [-0.1, -0.05) is 49.7 Å². The van der Waals surface area contributed by atoms with Crippen molar-refractivity contribution in [2.75, 3.05) is 5.32 Å².